The monoisotopic (exact) mass is 457 g/mol. The maximum absolute atomic E-state index is 12.6. The molecule has 2 aromatic carbocycles. The Bertz CT molecular complexity index is 743. The first-order chi connectivity index (χ1) is 10.0. The van der Waals surface area contributed by atoms with Crippen molar-refractivity contribution >= 4 is 55.9 Å². The lowest BCUT2D eigenvalue weighted by Crippen LogP contribution is -2.25. The highest BCUT2D eigenvalue weighted by Gasteiger charge is 2.21. The third kappa shape index (κ3) is 2.96. The van der Waals surface area contributed by atoms with Crippen LogP contribution in [0.25, 0.3) is 0 Å². The predicted octanol–water partition coefficient (Wildman–Crippen LogP) is 3.62. The summed E-state index contributed by atoms with van der Waals surface area (Å²) in [4.78, 5) is 23.8. The number of rotatable bonds is 2. The molecule has 4 nitrogen and oxygen atoms in total. The second-order valence-electron chi connectivity index (χ2n) is 4.50. The first-order valence-electron chi connectivity index (χ1n) is 6.11. The van der Waals surface area contributed by atoms with E-state index in [9.17, 15) is 9.59 Å². The van der Waals surface area contributed by atoms with Crippen molar-refractivity contribution in [2.45, 2.75) is 0 Å². The minimum Gasteiger partial charge on any atom is -0.482 e. The largest absolute Gasteiger partial charge is 0.482 e. The average Bonchev–Trinajstić information content (AvgIpc) is 2.46. The fourth-order valence-corrected chi connectivity index (χ4v) is 2.91. The normalized spacial score (nSPS) is 13.1. The molecule has 0 saturated carbocycles. The SMILES string of the molecule is O=C1COc2cc(C(=O)c3ccc(I)cc3)c(Br)cc2N1. The van der Waals surface area contributed by atoms with Crippen molar-refractivity contribution < 1.29 is 14.3 Å². The Morgan fingerprint density at radius 3 is 2.67 bits per heavy atom. The maximum atomic E-state index is 12.6. The van der Waals surface area contributed by atoms with E-state index in [1.165, 1.54) is 0 Å². The number of ketones is 1. The van der Waals surface area contributed by atoms with Crippen molar-refractivity contribution in [2.24, 2.45) is 0 Å². The molecule has 1 heterocycles. The van der Waals surface area contributed by atoms with Crippen LogP contribution in [-0.2, 0) is 4.79 Å². The minimum atomic E-state index is -0.203. The number of hydrogen-bond donors (Lipinski definition) is 1. The number of nitrogens with one attached hydrogen (secondary N) is 1. The lowest BCUT2D eigenvalue weighted by atomic mass is 10.0. The summed E-state index contributed by atoms with van der Waals surface area (Å²) in [6.07, 6.45) is 0. The van der Waals surface area contributed by atoms with Crippen molar-refractivity contribution in [2.75, 3.05) is 11.9 Å². The molecular formula is C15H9BrINO3. The summed E-state index contributed by atoms with van der Waals surface area (Å²) >= 11 is 5.57. The van der Waals surface area contributed by atoms with E-state index in [1.54, 1.807) is 24.3 Å². The molecule has 2 aromatic rings. The average molecular weight is 458 g/mol. The van der Waals surface area contributed by atoms with Crippen LogP contribution in [0.1, 0.15) is 15.9 Å². The number of halogens is 2. The lowest BCUT2D eigenvalue weighted by Gasteiger charge is -2.19. The molecule has 0 unspecified atom stereocenters. The highest BCUT2D eigenvalue weighted by molar-refractivity contribution is 14.1. The van der Waals surface area contributed by atoms with Crippen LogP contribution >= 0.6 is 38.5 Å². The molecule has 1 N–H and O–H groups in total. The zero-order valence-electron chi connectivity index (χ0n) is 10.7. The Morgan fingerprint density at radius 2 is 1.95 bits per heavy atom. The van der Waals surface area contributed by atoms with Crippen molar-refractivity contribution in [1.29, 1.82) is 0 Å². The number of ether oxygens (including phenoxy) is 1. The summed E-state index contributed by atoms with van der Waals surface area (Å²) in [6, 6.07) is 10.7. The Labute approximate surface area is 143 Å². The smallest absolute Gasteiger partial charge is 0.262 e. The number of benzene rings is 2. The van der Waals surface area contributed by atoms with E-state index in [0.29, 0.717) is 27.0 Å². The van der Waals surface area contributed by atoms with E-state index < -0.39 is 0 Å². The molecular weight excluding hydrogens is 449 g/mol. The Balaban J connectivity index is 2.01. The van der Waals surface area contributed by atoms with Crippen molar-refractivity contribution in [3.05, 3.63) is 55.6 Å². The van der Waals surface area contributed by atoms with Gasteiger partial charge in [0.05, 0.1) is 5.69 Å². The highest BCUT2D eigenvalue weighted by Crippen LogP contribution is 2.34. The molecule has 0 atom stereocenters. The van der Waals surface area contributed by atoms with Gasteiger partial charge in [0.15, 0.2) is 12.4 Å². The maximum Gasteiger partial charge on any atom is 0.262 e. The second-order valence-corrected chi connectivity index (χ2v) is 6.60. The van der Waals surface area contributed by atoms with Crippen LogP contribution in [0.5, 0.6) is 5.75 Å². The highest BCUT2D eigenvalue weighted by atomic mass is 127. The molecule has 1 aliphatic heterocycles. The van der Waals surface area contributed by atoms with Crippen LogP contribution in [0, 0.1) is 3.57 Å². The van der Waals surface area contributed by atoms with Gasteiger partial charge in [-0.1, -0.05) is 0 Å². The first-order valence-corrected chi connectivity index (χ1v) is 7.98. The van der Waals surface area contributed by atoms with E-state index in [4.69, 9.17) is 4.74 Å². The molecule has 106 valence electrons. The zero-order chi connectivity index (χ0) is 15.0. The molecule has 0 aliphatic carbocycles. The predicted molar refractivity (Wildman–Crippen MR) is 90.9 cm³/mol. The van der Waals surface area contributed by atoms with Gasteiger partial charge in [-0.05, 0) is 74.9 Å². The zero-order valence-corrected chi connectivity index (χ0v) is 14.4. The van der Waals surface area contributed by atoms with Crippen LogP contribution in [0.2, 0.25) is 0 Å². The number of fused-ring (bicyclic) bond motifs is 1. The molecule has 0 bridgehead atoms. The van der Waals surface area contributed by atoms with Crippen LogP contribution < -0.4 is 10.1 Å². The molecule has 0 spiro atoms. The molecule has 3 rings (SSSR count). The van der Waals surface area contributed by atoms with E-state index in [2.05, 4.69) is 43.8 Å². The Morgan fingerprint density at radius 1 is 1.24 bits per heavy atom. The summed E-state index contributed by atoms with van der Waals surface area (Å²) in [5.74, 6) is 0.208. The molecule has 0 radical (unpaired) electrons. The molecule has 21 heavy (non-hydrogen) atoms. The van der Waals surface area contributed by atoms with E-state index in [1.807, 2.05) is 12.1 Å². The van der Waals surface area contributed by atoms with Gasteiger partial charge in [-0.2, -0.15) is 0 Å². The molecule has 0 aromatic heterocycles. The number of hydrogen-bond acceptors (Lipinski definition) is 3. The molecule has 0 saturated heterocycles. The summed E-state index contributed by atoms with van der Waals surface area (Å²) < 4.78 is 7.04. The van der Waals surface area contributed by atoms with E-state index >= 15 is 0 Å². The summed E-state index contributed by atoms with van der Waals surface area (Å²) in [7, 11) is 0. The quantitative estimate of drug-likeness (QED) is 0.553. The topological polar surface area (TPSA) is 55.4 Å². The lowest BCUT2D eigenvalue weighted by molar-refractivity contribution is -0.118. The van der Waals surface area contributed by atoms with Crippen molar-refractivity contribution in [3.63, 3.8) is 0 Å². The van der Waals surface area contributed by atoms with E-state index in [-0.39, 0.29) is 18.3 Å². The van der Waals surface area contributed by atoms with E-state index in [0.717, 1.165) is 3.57 Å². The van der Waals surface area contributed by atoms with Gasteiger partial charge in [-0.15, -0.1) is 0 Å². The van der Waals surface area contributed by atoms with Gasteiger partial charge in [0, 0.05) is 19.2 Å². The number of amides is 1. The third-order valence-electron chi connectivity index (χ3n) is 3.05. The Hall–Kier alpha value is -1.41. The molecule has 6 heteroatoms. The Kier molecular flexibility index (Phi) is 3.99. The van der Waals surface area contributed by atoms with Gasteiger partial charge < -0.3 is 10.1 Å². The fraction of sp³-hybridized carbons (Fsp3) is 0.0667. The number of anilines is 1. The summed E-state index contributed by atoms with van der Waals surface area (Å²) in [5.41, 5.74) is 1.68. The number of carbonyl (C=O) groups excluding carboxylic acids is 2. The minimum absolute atomic E-state index is 0.0359. The van der Waals surface area contributed by atoms with Gasteiger partial charge in [0.25, 0.3) is 5.91 Å². The second kappa shape index (κ2) is 5.76. The third-order valence-corrected chi connectivity index (χ3v) is 4.43. The van der Waals surface area contributed by atoms with Crippen LogP contribution in [0.15, 0.2) is 40.9 Å². The van der Waals surface area contributed by atoms with Crippen LogP contribution in [-0.4, -0.2) is 18.3 Å². The summed E-state index contributed by atoms with van der Waals surface area (Å²) in [5, 5.41) is 2.71. The van der Waals surface area contributed by atoms with Gasteiger partial charge in [-0.25, -0.2) is 0 Å². The van der Waals surface area contributed by atoms with Crippen molar-refractivity contribution in [1.82, 2.24) is 0 Å². The standard InChI is InChI=1S/C15H9BrINO3/c16-11-6-12-13(21-7-14(19)18-12)5-10(11)15(20)8-1-3-9(17)4-2-8/h1-6H,7H2,(H,18,19). The molecule has 1 aliphatic rings. The van der Waals surface area contributed by atoms with Crippen LogP contribution in [0.4, 0.5) is 5.69 Å². The van der Waals surface area contributed by atoms with Gasteiger partial charge in [0.2, 0.25) is 0 Å². The molecule has 1 amide bonds. The number of carbonyl (C=O) groups is 2. The van der Waals surface area contributed by atoms with Crippen molar-refractivity contribution in [3.8, 4) is 5.75 Å². The van der Waals surface area contributed by atoms with Gasteiger partial charge in [0.1, 0.15) is 5.75 Å². The molecule has 0 fully saturated rings. The first kappa shape index (κ1) is 14.5. The summed E-state index contributed by atoms with van der Waals surface area (Å²) in [6.45, 7) is -0.0359. The van der Waals surface area contributed by atoms with Gasteiger partial charge >= 0.3 is 0 Å². The fourth-order valence-electron chi connectivity index (χ4n) is 2.03. The van der Waals surface area contributed by atoms with Gasteiger partial charge in [-0.3, -0.25) is 9.59 Å². The van der Waals surface area contributed by atoms with Crippen LogP contribution in [0.3, 0.4) is 0 Å².